The highest BCUT2D eigenvalue weighted by molar-refractivity contribution is 6.30. The summed E-state index contributed by atoms with van der Waals surface area (Å²) in [6.07, 6.45) is 4.04. The normalized spacial score (nSPS) is 19.0. The van der Waals surface area contributed by atoms with Crippen LogP contribution in [0.25, 0.3) is 0 Å². The lowest BCUT2D eigenvalue weighted by molar-refractivity contribution is -0.138. The molecular formula is C17H22ClN3O2. The van der Waals surface area contributed by atoms with E-state index in [0.717, 1.165) is 31.5 Å². The minimum absolute atomic E-state index is 0.120. The van der Waals surface area contributed by atoms with Crippen molar-refractivity contribution >= 4 is 29.2 Å². The van der Waals surface area contributed by atoms with Crippen LogP contribution in [0.3, 0.4) is 0 Å². The van der Waals surface area contributed by atoms with Gasteiger partial charge in [-0.2, -0.15) is 0 Å². The molecule has 2 aliphatic rings. The van der Waals surface area contributed by atoms with E-state index < -0.39 is 0 Å². The van der Waals surface area contributed by atoms with Gasteiger partial charge in [0.2, 0.25) is 5.91 Å². The van der Waals surface area contributed by atoms with Crippen molar-refractivity contribution in [2.45, 2.75) is 25.7 Å². The molecule has 0 atom stereocenters. The standard InChI is InChI=1S/C17H22ClN3O2/c18-14-5-7-15(8-6-14)19-17(23)21-10-2-9-20(11-12-21)16(22)13-3-1-4-13/h5-8,13H,1-4,9-12H2,(H,19,23). The minimum Gasteiger partial charge on any atom is -0.341 e. The van der Waals surface area contributed by atoms with E-state index in [1.165, 1.54) is 6.42 Å². The molecule has 1 aliphatic carbocycles. The molecule has 1 saturated heterocycles. The highest BCUT2D eigenvalue weighted by Gasteiger charge is 2.30. The molecule has 5 nitrogen and oxygen atoms in total. The first-order valence-corrected chi connectivity index (χ1v) is 8.61. The smallest absolute Gasteiger partial charge is 0.321 e. The fraction of sp³-hybridized carbons (Fsp3) is 0.529. The van der Waals surface area contributed by atoms with E-state index in [1.54, 1.807) is 29.2 Å². The zero-order chi connectivity index (χ0) is 16.2. The summed E-state index contributed by atoms with van der Waals surface area (Å²) < 4.78 is 0. The monoisotopic (exact) mass is 335 g/mol. The molecule has 1 N–H and O–H groups in total. The molecule has 0 bridgehead atoms. The van der Waals surface area contributed by atoms with Gasteiger partial charge in [0.1, 0.15) is 0 Å². The third-order valence-corrected chi connectivity index (χ3v) is 4.90. The van der Waals surface area contributed by atoms with Gasteiger partial charge >= 0.3 is 6.03 Å². The SMILES string of the molecule is O=C(Nc1ccc(Cl)cc1)N1CCCN(C(=O)C2CCC2)CC1. The number of carbonyl (C=O) groups excluding carboxylic acids is 2. The quantitative estimate of drug-likeness (QED) is 0.902. The summed E-state index contributed by atoms with van der Waals surface area (Å²) in [5.74, 6) is 0.501. The van der Waals surface area contributed by atoms with Crippen molar-refractivity contribution in [1.29, 1.82) is 0 Å². The minimum atomic E-state index is -0.120. The highest BCUT2D eigenvalue weighted by Crippen LogP contribution is 2.28. The molecule has 1 aromatic carbocycles. The zero-order valence-electron chi connectivity index (χ0n) is 13.1. The summed E-state index contributed by atoms with van der Waals surface area (Å²) in [5, 5.41) is 3.52. The summed E-state index contributed by atoms with van der Waals surface area (Å²) in [6.45, 7) is 2.63. The molecule has 0 spiro atoms. The highest BCUT2D eigenvalue weighted by atomic mass is 35.5. The molecule has 2 fully saturated rings. The lowest BCUT2D eigenvalue weighted by Gasteiger charge is -2.31. The number of nitrogens with one attached hydrogen (secondary N) is 1. The Morgan fingerprint density at radius 1 is 0.957 bits per heavy atom. The van der Waals surface area contributed by atoms with Crippen LogP contribution in [-0.4, -0.2) is 47.9 Å². The van der Waals surface area contributed by atoms with Gasteiger partial charge in [0.05, 0.1) is 0 Å². The van der Waals surface area contributed by atoms with Crippen LogP contribution in [0.4, 0.5) is 10.5 Å². The van der Waals surface area contributed by atoms with E-state index in [2.05, 4.69) is 5.32 Å². The van der Waals surface area contributed by atoms with Crippen molar-refractivity contribution in [2.75, 3.05) is 31.5 Å². The molecule has 1 aromatic rings. The van der Waals surface area contributed by atoms with Crippen LogP contribution < -0.4 is 5.32 Å². The first kappa shape index (κ1) is 16.1. The predicted octanol–water partition coefficient (Wildman–Crippen LogP) is 3.21. The Hall–Kier alpha value is -1.75. The Labute approximate surface area is 141 Å². The van der Waals surface area contributed by atoms with Crippen molar-refractivity contribution in [3.05, 3.63) is 29.3 Å². The van der Waals surface area contributed by atoms with Gasteiger partial charge in [-0.15, -0.1) is 0 Å². The number of urea groups is 1. The molecule has 0 unspecified atom stereocenters. The number of halogens is 1. The Bertz CT molecular complexity index is 572. The molecular weight excluding hydrogens is 314 g/mol. The largest absolute Gasteiger partial charge is 0.341 e. The van der Waals surface area contributed by atoms with E-state index in [1.807, 2.05) is 4.90 Å². The topological polar surface area (TPSA) is 52.7 Å². The number of hydrogen-bond acceptors (Lipinski definition) is 2. The maximum absolute atomic E-state index is 12.4. The van der Waals surface area contributed by atoms with E-state index in [0.29, 0.717) is 24.7 Å². The van der Waals surface area contributed by atoms with Crippen LogP contribution in [0.5, 0.6) is 0 Å². The molecule has 6 heteroatoms. The van der Waals surface area contributed by atoms with E-state index in [4.69, 9.17) is 11.6 Å². The van der Waals surface area contributed by atoms with E-state index in [-0.39, 0.29) is 17.9 Å². The molecule has 1 heterocycles. The number of nitrogens with zero attached hydrogens (tertiary/aromatic N) is 2. The first-order chi connectivity index (χ1) is 11.1. The van der Waals surface area contributed by atoms with Gasteiger partial charge in [0, 0.05) is 42.8 Å². The van der Waals surface area contributed by atoms with E-state index >= 15 is 0 Å². The van der Waals surface area contributed by atoms with Crippen LogP contribution in [-0.2, 0) is 4.79 Å². The molecule has 23 heavy (non-hydrogen) atoms. The molecule has 3 amide bonds. The molecule has 3 rings (SSSR count). The summed E-state index contributed by atoms with van der Waals surface area (Å²) >= 11 is 5.85. The van der Waals surface area contributed by atoms with Crippen molar-refractivity contribution in [3.8, 4) is 0 Å². The first-order valence-electron chi connectivity index (χ1n) is 8.24. The Morgan fingerprint density at radius 3 is 2.26 bits per heavy atom. The Morgan fingerprint density at radius 2 is 1.61 bits per heavy atom. The number of carbonyl (C=O) groups is 2. The predicted molar refractivity (Wildman–Crippen MR) is 90.6 cm³/mol. The van der Waals surface area contributed by atoms with Gasteiger partial charge in [-0.3, -0.25) is 4.79 Å². The number of amides is 3. The van der Waals surface area contributed by atoms with Gasteiger partial charge in [-0.05, 0) is 43.5 Å². The van der Waals surface area contributed by atoms with E-state index in [9.17, 15) is 9.59 Å². The van der Waals surface area contributed by atoms with Crippen LogP contribution in [0, 0.1) is 5.92 Å². The number of anilines is 1. The van der Waals surface area contributed by atoms with Crippen molar-refractivity contribution in [3.63, 3.8) is 0 Å². The van der Waals surface area contributed by atoms with Gasteiger partial charge < -0.3 is 15.1 Å². The third-order valence-electron chi connectivity index (χ3n) is 4.64. The van der Waals surface area contributed by atoms with Crippen molar-refractivity contribution in [2.24, 2.45) is 5.92 Å². The van der Waals surface area contributed by atoms with Crippen molar-refractivity contribution in [1.82, 2.24) is 9.80 Å². The summed E-state index contributed by atoms with van der Waals surface area (Å²) in [5.41, 5.74) is 0.728. The summed E-state index contributed by atoms with van der Waals surface area (Å²) in [4.78, 5) is 28.4. The number of hydrogen-bond donors (Lipinski definition) is 1. The number of rotatable bonds is 2. The summed E-state index contributed by atoms with van der Waals surface area (Å²) in [7, 11) is 0. The fourth-order valence-electron chi connectivity index (χ4n) is 2.99. The van der Waals surface area contributed by atoms with Gasteiger partial charge in [0.25, 0.3) is 0 Å². The van der Waals surface area contributed by atoms with Crippen LogP contribution in [0.2, 0.25) is 5.02 Å². The lowest BCUT2D eigenvalue weighted by atomic mass is 9.84. The maximum atomic E-state index is 12.4. The molecule has 1 saturated carbocycles. The Balaban J connectivity index is 1.53. The van der Waals surface area contributed by atoms with Gasteiger partial charge in [-0.25, -0.2) is 4.79 Å². The maximum Gasteiger partial charge on any atom is 0.321 e. The second-order valence-electron chi connectivity index (χ2n) is 6.23. The fourth-order valence-corrected chi connectivity index (χ4v) is 3.12. The van der Waals surface area contributed by atoms with Crippen molar-refractivity contribution < 1.29 is 9.59 Å². The molecule has 124 valence electrons. The summed E-state index contributed by atoms with van der Waals surface area (Å²) in [6, 6.07) is 6.94. The molecule has 1 aliphatic heterocycles. The average Bonchev–Trinajstić information content (AvgIpc) is 2.74. The second-order valence-corrected chi connectivity index (χ2v) is 6.67. The van der Waals surface area contributed by atoms with Gasteiger partial charge in [0.15, 0.2) is 0 Å². The third kappa shape index (κ3) is 3.96. The second kappa shape index (κ2) is 7.21. The molecule has 0 aromatic heterocycles. The van der Waals surface area contributed by atoms with Crippen LogP contribution in [0.15, 0.2) is 24.3 Å². The van der Waals surface area contributed by atoms with Gasteiger partial charge in [-0.1, -0.05) is 18.0 Å². The van der Waals surface area contributed by atoms with Crippen LogP contribution >= 0.6 is 11.6 Å². The average molecular weight is 336 g/mol. The molecule has 0 radical (unpaired) electrons. The Kier molecular flexibility index (Phi) is 5.06. The zero-order valence-corrected chi connectivity index (χ0v) is 13.9. The lowest BCUT2D eigenvalue weighted by Crippen LogP contribution is -2.42. The number of benzene rings is 1. The van der Waals surface area contributed by atoms with Crippen LogP contribution in [0.1, 0.15) is 25.7 Å².